The van der Waals surface area contributed by atoms with Crippen LogP contribution < -0.4 is 10.0 Å². The van der Waals surface area contributed by atoms with Crippen molar-refractivity contribution < 1.29 is 22.4 Å². The summed E-state index contributed by atoms with van der Waals surface area (Å²) in [6, 6.07) is 29.1. The summed E-state index contributed by atoms with van der Waals surface area (Å²) >= 11 is 0. The van der Waals surface area contributed by atoms with E-state index in [1.807, 2.05) is 74.5 Å². The first kappa shape index (κ1) is 27.0. The summed E-state index contributed by atoms with van der Waals surface area (Å²) in [4.78, 5) is 12.9. The molecule has 0 saturated carbocycles. The minimum Gasteiger partial charge on any atom is -0.465 e. The fourth-order valence-electron chi connectivity index (χ4n) is 4.79. The lowest BCUT2D eigenvalue weighted by atomic mass is 9.87. The van der Waals surface area contributed by atoms with Crippen LogP contribution in [0.1, 0.15) is 45.7 Å². The number of esters is 1. The van der Waals surface area contributed by atoms with E-state index in [2.05, 4.69) is 10.0 Å². The van der Waals surface area contributed by atoms with E-state index in [-0.39, 0.29) is 4.90 Å². The van der Waals surface area contributed by atoms with Crippen LogP contribution >= 0.6 is 0 Å². The van der Waals surface area contributed by atoms with Crippen LogP contribution in [0.4, 0.5) is 11.4 Å². The summed E-state index contributed by atoms with van der Waals surface area (Å²) in [5, 5.41) is 3.84. The normalized spacial score (nSPS) is 12.2. The van der Waals surface area contributed by atoms with E-state index in [9.17, 15) is 13.2 Å². The van der Waals surface area contributed by atoms with Crippen LogP contribution in [0.2, 0.25) is 0 Å². The number of ether oxygens (including phenoxy) is 1. The van der Waals surface area contributed by atoms with Crippen molar-refractivity contribution in [2.75, 3.05) is 23.7 Å². The highest BCUT2D eigenvalue weighted by Gasteiger charge is 2.30. The van der Waals surface area contributed by atoms with Crippen LogP contribution in [0.3, 0.4) is 0 Å². The Kier molecular flexibility index (Phi) is 7.62. The second kappa shape index (κ2) is 11.3. The Morgan fingerprint density at radius 2 is 1.60 bits per heavy atom. The average molecular weight is 555 g/mol. The largest absolute Gasteiger partial charge is 0.465 e. The molecule has 0 radical (unpaired) electrons. The summed E-state index contributed by atoms with van der Waals surface area (Å²) in [5.74, 6) is -0.604. The van der Waals surface area contributed by atoms with Gasteiger partial charge in [0.25, 0.3) is 10.0 Å². The van der Waals surface area contributed by atoms with E-state index in [0.29, 0.717) is 40.2 Å². The second-order valence-electron chi connectivity index (χ2n) is 9.43. The van der Waals surface area contributed by atoms with Crippen molar-refractivity contribution in [3.8, 4) is 0 Å². The molecule has 40 heavy (non-hydrogen) atoms. The number of para-hydroxylation sites is 1. The van der Waals surface area contributed by atoms with Gasteiger partial charge in [0, 0.05) is 17.6 Å². The molecule has 5 rings (SSSR count). The van der Waals surface area contributed by atoms with Gasteiger partial charge >= 0.3 is 5.97 Å². The molecular weight excluding hydrogens is 524 g/mol. The third-order valence-electron chi connectivity index (χ3n) is 6.74. The first-order valence-corrected chi connectivity index (χ1v) is 14.4. The van der Waals surface area contributed by atoms with Crippen molar-refractivity contribution in [1.82, 2.24) is 0 Å². The van der Waals surface area contributed by atoms with Crippen LogP contribution in [0, 0.1) is 6.92 Å². The quantitative estimate of drug-likeness (QED) is 0.192. The summed E-state index contributed by atoms with van der Waals surface area (Å²) in [6.07, 6.45) is 0. The zero-order chi connectivity index (χ0) is 28.3. The van der Waals surface area contributed by atoms with Gasteiger partial charge in [-0.15, -0.1) is 0 Å². The van der Waals surface area contributed by atoms with Crippen molar-refractivity contribution in [3.05, 3.63) is 125 Å². The maximum Gasteiger partial charge on any atom is 0.339 e. The number of fused-ring (bicyclic) bond motifs is 1. The number of rotatable bonds is 9. The summed E-state index contributed by atoms with van der Waals surface area (Å²) in [7, 11) is -2.60. The van der Waals surface area contributed by atoms with Gasteiger partial charge in [-0.3, -0.25) is 4.72 Å². The minimum absolute atomic E-state index is 0.147. The van der Waals surface area contributed by atoms with Gasteiger partial charge < -0.3 is 14.5 Å². The van der Waals surface area contributed by atoms with Gasteiger partial charge in [0.05, 0.1) is 29.2 Å². The fraction of sp³-hybridized carbons (Fsp3) is 0.156. The standard InChI is InChI=1S/C32H30N2O5S/c1-4-33-27-19-16-23(20-26(27)32(35)38-3)29(22-10-6-5-7-11-22)31-30(25-12-8-9-13-28(25)39-31)34-40(36,37)24-17-14-21(2)15-18-24/h5-20,29,33-34H,4H2,1-3H3/t29-/m1/s1. The van der Waals surface area contributed by atoms with Crippen molar-refractivity contribution >= 4 is 38.3 Å². The molecule has 0 aliphatic heterocycles. The SMILES string of the molecule is CCNc1ccc([C@@H](c2ccccc2)c2oc3ccccc3c2NS(=O)(=O)c2ccc(C)cc2)cc1C(=O)OC. The average Bonchev–Trinajstić information content (AvgIpc) is 3.31. The van der Waals surface area contributed by atoms with E-state index in [1.165, 1.54) is 7.11 Å². The topological polar surface area (TPSA) is 97.6 Å². The van der Waals surface area contributed by atoms with Crippen LogP contribution in [-0.2, 0) is 14.8 Å². The number of anilines is 2. The van der Waals surface area contributed by atoms with Gasteiger partial charge in [0.1, 0.15) is 11.3 Å². The molecule has 1 aromatic heterocycles. The molecule has 0 aliphatic rings. The van der Waals surface area contributed by atoms with Crippen molar-refractivity contribution in [2.24, 2.45) is 0 Å². The predicted octanol–water partition coefficient (Wildman–Crippen LogP) is 6.94. The first-order valence-electron chi connectivity index (χ1n) is 12.9. The number of carbonyl (C=O) groups is 1. The molecule has 1 heterocycles. The monoisotopic (exact) mass is 554 g/mol. The summed E-state index contributed by atoms with van der Waals surface area (Å²) < 4.78 is 41.5. The molecular formula is C32H30N2O5S. The number of nitrogens with one attached hydrogen (secondary N) is 2. The number of methoxy groups -OCH3 is 1. The van der Waals surface area contributed by atoms with Gasteiger partial charge in [-0.2, -0.15) is 0 Å². The minimum atomic E-state index is -3.95. The zero-order valence-corrected chi connectivity index (χ0v) is 23.3. The maximum absolute atomic E-state index is 13.6. The highest BCUT2D eigenvalue weighted by molar-refractivity contribution is 7.92. The van der Waals surface area contributed by atoms with Crippen molar-refractivity contribution in [1.29, 1.82) is 0 Å². The molecule has 8 heteroatoms. The lowest BCUT2D eigenvalue weighted by molar-refractivity contribution is 0.0601. The predicted molar refractivity (Wildman–Crippen MR) is 158 cm³/mol. The maximum atomic E-state index is 13.6. The van der Waals surface area contributed by atoms with Gasteiger partial charge in [0.2, 0.25) is 0 Å². The number of furan rings is 1. The zero-order valence-electron chi connectivity index (χ0n) is 22.5. The molecule has 4 aromatic carbocycles. The summed E-state index contributed by atoms with van der Waals surface area (Å²) in [6.45, 7) is 4.47. The Morgan fingerprint density at radius 3 is 2.30 bits per heavy atom. The van der Waals surface area contributed by atoms with Crippen LogP contribution in [0.15, 0.2) is 106 Å². The lowest BCUT2D eigenvalue weighted by Gasteiger charge is -2.20. The Morgan fingerprint density at radius 1 is 0.900 bits per heavy atom. The molecule has 0 amide bonds. The molecule has 204 valence electrons. The van der Waals surface area contributed by atoms with Crippen LogP contribution in [0.5, 0.6) is 0 Å². The number of benzene rings is 4. The molecule has 0 unspecified atom stereocenters. The number of hydrogen-bond donors (Lipinski definition) is 2. The van der Waals surface area contributed by atoms with Crippen molar-refractivity contribution in [3.63, 3.8) is 0 Å². The molecule has 7 nitrogen and oxygen atoms in total. The van der Waals surface area contributed by atoms with E-state index < -0.39 is 21.9 Å². The van der Waals surface area contributed by atoms with Gasteiger partial charge in [-0.05, 0) is 61.4 Å². The molecule has 0 spiro atoms. The second-order valence-corrected chi connectivity index (χ2v) is 11.1. The molecule has 5 aromatic rings. The number of sulfonamides is 1. The van der Waals surface area contributed by atoms with Gasteiger partial charge in [-0.1, -0.05) is 66.2 Å². The summed E-state index contributed by atoms with van der Waals surface area (Å²) in [5.41, 5.74) is 4.47. The molecule has 0 aliphatic carbocycles. The third-order valence-corrected chi connectivity index (χ3v) is 8.10. The molecule has 0 fully saturated rings. The number of carbonyl (C=O) groups excluding carboxylic acids is 1. The van der Waals surface area contributed by atoms with Gasteiger partial charge in [-0.25, -0.2) is 13.2 Å². The van der Waals surface area contributed by atoms with E-state index in [1.54, 1.807) is 36.4 Å². The molecule has 1 atom stereocenters. The molecule has 2 N–H and O–H groups in total. The lowest BCUT2D eigenvalue weighted by Crippen LogP contribution is -2.15. The van der Waals surface area contributed by atoms with Crippen LogP contribution in [0.25, 0.3) is 11.0 Å². The van der Waals surface area contributed by atoms with Crippen molar-refractivity contribution in [2.45, 2.75) is 24.7 Å². The number of hydrogen-bond acceptors (Lipinski definition) is 6. The van der Waals surface area contributed by atoms with E-state index in [4.69, 9.17) is 9.15 Å². The van der Waals surface area contributed by atoms with Crippen LogP contribution in [-0.4, -0.2) is 28.0 Å². The highest BCUT2D eigenvalue weighted by Crippen LogP contribution is 2.43. The fourth-order valence-corrected chi connectivity index (χ4v) is 5.88. The first-order chi connectivity index (χ1) is 19.3. The molecule has 0 bridgehead atoms. The number of aryl methyl sites for hydroxylation is 1. The third kappa shape index (κ3) is 5.31. The molecule has 0 saturated heterocycles. The van der Waals surface area contributed by atoms with E-state index in [0.717, 1.165) is 16.7 Å². The Bertz CT molecular complexity index is 1760. The van der Waals surface area contributed by atoms with Gasteiger partial charge in [0.15, 0.2) is 0 Å². The highest BCUT2D eigenvalue weighted by atomic mass is 32.2. The Hall–Kier alpha value is -4.56. The smallest absolute Gasteiger partial charge is 0.339 e. The Labute approximate surface area is 233 Å². The Balaban J connectivity index is 1.73. The van der Waals surface area contributed by atoms with E-state index >= 15 is 0 Å².